The molecule has 1 heterocycles. The number of nitrogens with one attached hydrogen (secondary N) is 2. The summed E-state index contributed by atoms with van der Waals surface area (Å²) in [5.74, 6) is -0.278. The molecular formula is C17H15FN2O3. The average molecular weight is 314 g/mol. The maximum atomic E-state index is 13.1. The summed E-state index contributed by atoms with van der Waals surface area (Å²) < 4.78 is 18.4. The average Bonchev–Trinajstić information content (AvgIpc) is 2.54. The number of rotatable bonds is 4. The van der Waals surface area contributed by atoms with Crippen molar-refractivity contribution in [2.75, 3.05) is 18.5 Å². The Morgan fingerprint density at radius 2 is 2.13 bits per heavy atom. The van der Waals surface area contributed by atoms with E-state index in [0.29, 0.717) is 30.0 Å². The van der Waals surface area contributed by atoms with E-state index in [1.165, 1.54) is 12.1 Å². The molecule has 6 heteroatoms. The van der Waals surface area contributed by atoms with Gasteiger partial charge >= 0.3 is 0 Å². The van der Waals surface area contributed by atoms with Crippen LogP contribution < -0.4 is 15.4 Å². The Kier molecular flexibility index (Phi) is 4.23. The van der Waals surface area contributed by atoms with Crippen molar-refractivity contribution in [3.8, 4) is 5.75 Å². The van der Waals surface area contributed by atoms with Crippen molar-refractivity contribution in [3.05, 3.63) is 59.4 Å². The van der Waals surface area contributed by atoms with Gasteiger partial charge in [-0.3, -0.25) is 9.59 Å². The predicted molar refractivity (Wildman–Crippen MR) is 83.0 cm³/mol. The second kappa shape index (κ2) is 6.48. The number of benzene rings is 2. The van der Waals surface area contributed by atoms with Crippen LogP contribution in [-0.4, -0.2) is 25.0 Å². The first-order valence-corrected chi connectivity index (χ1v) is 7.21. The van der Waals surface area contributed by atoms with Crippen molar-refractivity contribution in [2.24, 2.45) is 0 Å². The van der Waals surface area contributed by atoms with Gasteiger partial charge in [0.15, 0.2) is 6.61 Å². The smallest absolute Gasteiger partial charge is 0.262 e. The molecule has 3 rings (SSSR count). The molecule has 0 saturated carbocycles. The molecule has 0 saturated heterocycles. The highest BCUT2D eigenvalue weighted by atomic mass is 19.1. The molecule has 2 amide bonds. The first kappa shape index (κ1) is 15.0. The van der Waals surface area contributed by atoms with Gasteiger partial charge in [0.25, 0.3) is 11.8 Å². The van der Waals surface area contributed by atoms with Crippen molar-refractivity contribution in [2.45, 2.75) is 6.42 Å². The Balaban J connectivity index is 1.59. The van der Waals surface area contributed by atoms with E-state index < -0.39 is 0 Å². The van der Waals surface area contributed by atoms with E-state index in [-0.39, 0.29) is 24.2 Å². The quantitative estimate of drug-likeness (QED) is 0.908. The minimum absolute atomic E-state index is 0.0579. The molecule has 118 valence electrons. The standard InChI is InChI=1S/C17H15FN2O3/c18-13-3-1-2-11(8-13)6-7-19-17(22)12-4-5-14-15(9-12)23-10-16(21)20-14/h1-5,8-9H,6-7,10H2,(H,19,22)(H,20,21). The third kappa shape index (κ3) is 3.66. The number of carbonyl (C=O) groups is 2. The lowest BCUT2D eigenvalue weighted by Gasteiger charge is -2.18. The molecule has 0 bridgehead atoms. The minimum atomic E-state index is -0.289. The van der Waals surface area contributed by atoms with Crippen LogP contribution >= 0.6 is 0 Å². The summed E-state index contributed by atoms with van der Waals surface area (Å²) in [6.45, 7) is 0.342. The van der Waals surface area contributed by atoms with E-state index >= 15 is 0 Å². The lowest BCUT2D eigenvalue weighted by Crippen LogP contribution is -2.27. The van der Waals surface area contributed by atoms with Crippen LogP contribution in [-0.2, 0) is 11.2 Å². The number of hydrogen-bond acceptors (Lipinski definition) is 3. The summed E-state index contributed by atoms with van der Waals surface area (Å²) in [4.78, 5) is 23.3. The summed E-state index contributed by atoms with van der Waals surface area (Å²) in [5.41, 5.74) is 1.82. The number of hydrogen-bond donors (Lipinski definition) is 2. The molecule has 0 radical (unpaired) electrons. The summed E-state index contributed by atoms with van der Waals surface area (Å²) in [5, 5.41) is 5.44. The molecule has 23 heavy (non-hydrogen) atoms. The molecule has 0 atom stereocenters. The van der Waals surface area contributed by atoms with Gasteiger partial charge in [0.2, 0.25) is 0 Å². The summed E-state index contributed by atoms with van der Waals surface area (Å²) >= 11 is 0. The van der Waals surface area contributed by atoms with Crippen LogP contribution in [0.2, 0.25) is 0 Å². The molecule has 1 aliphatic heterocycles. The maximum Gasteiger partial charge on any atom is 0.262 e. The van der Waals surface area contributed by atoms with Gasteiger partial charge in [-0.25, -0.2) is 4.39 Å². The second-order valence-electron chi connectivity index (χ2n) is 5.18. The molecule has 2 aromatic carbocycles. The molecule has 1 aliphatic rings. The first-order chi connectivity index (χ1) is 11.1. The van der Waals surface area contributed by atoms with Crippen molar-refractivity contribution < 1.29 is 18.7 Å². The van der Waals surface area contributed by atoms with Crippen LogP contribution in [0.3, 0.4) is 0 Å². The normalized spacial score (nSPS) is 12.8. The van der Waals surface area contributed by atoms with Gasteiger partial charge in [0, 0.05) is 12.1 Å². The van der Waals surface area contributed by atoms with E-state index in [1.807, 2.05) is 6.07 Å². The van der Waals surface area contributed by atoms with Crippen LogP contribution in [0.5, 0.6) is 5.75 Å². The summed E-state index contributed by atoms with van der Waals surface area (Å²) in [7, 11) is 0. The van der Waals surface area contributed by atoms with Crippen LogP contribution in [0.25, 0.3) is 0 Å². The lowest BCUT2D eigenvalue weighted by atomic mass is 10.1. The topological polar surface area (TPSA) is 67.4 Å². The van der Waals surface area contributed by atoms with Crippen molar-refractivity contribution in [3.63, 3.8) is 0 Å². The molecule has 0 aliphatic carbocycles. The number of amides is 2. The molecule has 0 aromatic heterocycles. The number of halogens is 1. The van der Waals surface area contributed by atoms with Crippen LogP contribution in [0.4, 0.5) is 10.1 Å². The van der Waals surface area contributed by atoms with E-state index in [0.717, 1.165) is 5.56 Å². The highest BCUT2D eigenvalue weighted by molar-refractivity contribution is 5.98. The number of fused-ring (bicyclic) bond motifs is 1. The van der Waals surface area contributed by atoms with E-state index in [9.17, 15) is 14.0 Å². The Labute approximate surface area is 132 Å². The molecule has 0 unspecified atom stereocenters. The molecule has 2 N–H and O–H groups in total. The highest BCUT2D eigenvalue weighted by Gasteiger charge is 2.17. The van der Waals surface area contributed by atoms with Gasteiger partial charge in [-0.2, -0.15) is 0 Å². The fraction of sp³-hybridized carbons (Fsp3) is 0.176. The van der Waals surface area contributed by atoms with Crippen LogP contribution in [0, 0.1) is 5.82 Å². The Bertz CT molecular complexity index is 761. The summed E-state index contributed by atoms with van der Waals surface area (Å²) in [6, 6.07) is 11.1. The van der Waals surface area contributed by atoms with Crippen molar-refractivity contribution >= 4 is 17.5 Å². The van der Waals surface area contributed by atoms with Gasteiger partial charge < -0.3 is 15.4 Å². The van der Waals surface area contributed by atoms with Gasteiger partial charge in [-0.05, 0) is 42.3 Å². The van der Waals surface area contributed by atoms with Gasteiger partial charge in [0.1, 0.15) is 11.6 Å². The first-order valence-electron chi connectivity index (χ1n) is 7.21. The third-order valence-corrected chi connectivity index (χ3v) is 3.46. The Morgan fingerprint density at radius 1 is 1.26 bits per heavy atom. The monoisotopic (exact) mass is 314 g/mol. The number of ether oxygens (including phenoxy) is 1. The number of anilines is 1. The molecular weight excluding hydrogens is 299 g/mol. The van der Waals surface area contributed by atoms with E-state index in [4.69, 9.17) is 4.74 Å². The van der Waals surface area contributed by atoms with Crippen molar-refractivity contribution in [1.29, 1.82) is 0 Å². The molecule has 5 nitrogen and oxygen atoms in total. The van der Waals surface area contributed by atoms with Crippen molar-refractivity contribution in [1.82, 2.24) is 5.32 Å². The Morgan fingerprint density at radius 3 is 2.96 bits per heavy atom. The van der Waals surface area contributed by atoms with Gasteiger partial charge in [-0.1, -0.05) is 12.1 Å². The molecule has 2 aromatic rings. The zero-order valence-corrected chi connectivity index (χ0v) is 12.3. The van der Waals surface area contributed by atoms with E-state index in [2.05, 4.69) is 10.6 Å². The SMILES string of the molecule is O=C1COc2cc(C(=O)NCCc3cccc(F)c3)ccc2N1. The predicted octanol–water partition coefficient (Wildman–Crippen LogP) is 2.13. The van der Waals surface area contributed by atoms with Crippen LogP contribution in [0.15, 0.2) is 42.5 Å². The highest BCUT2D eigenvalue weighted by Crippen LogP contribution is 2.28. The fourth-order valence-corrected chi connectivity index (χ4v) is 2.33. The zero-order chi connectivity index (χ0) is 16.2. The third-order valence-electron chi connectivity index (χ3n) is 3.46. The van der Waals surface area contributed by atoms with E-state index in [1.54, 1.807) is 24.3 Å². The fourth-order valence-electron chi connectivity index (χ4n) is 2.33. The lowest BCUT2D eigenvalue weighted by molar-refractivity contribution is -0.118. The maximum absolute atomic E-state index is 13.1. The van der Waals surface area contributed by atoms with Gasteiger partial charge in [-0.15, -0.1) is 0 Å². The largest absolute Gasteiger partial charge is 0.482 e. The second-order valence-corrected chi connectivity index (χ2v) is 5.18. The zero-order valence-electron chi connectivity index (χ0n) is 12.3. The minimum Gasteiger partial charge on any atom is -0.482 e. The van der Waals surface area contributed by atoms with Gasteiger partial charge in [0.05, 0.1) is 5.69 Å². The Hall–Kier alpha value is -2.89. The molecule has 0 fully saturated rings. The van der Waals surface area contributed by atoms with Crippen LogP contribution in [0.1, 0.15) is 15.9 Å². The summed E-state index contributed by atoms with van der Waals surface area (Å²) in [6.07, 6.45) is 0.543. The molecule has 0 spiro atoms. The number of carbonyl (C=O) groups excluding carboxylic acids is 2.